The molecule has 2 aliphatic carbocycles. The Bertz CT molecular complexity index is 1170. The van der Waals surface area contributed by atoms with E-state index >= 15 is 0 Å². The molecule has 0 radical (unpaired) electrons. The van der Waals surface area contributed by atoms with E-state index in [1.54, 1.807) is 12.2 Å². The highest BCUT2D eigenvalue weighted by Gasteiger charge is 2.29. The number of hydrogen-bond acceptors (Lipinski definition) is 1. The zero-order chi connectivity index (χ0) is 20.4. The molecule has 3 aromatic carbocycles. The van der Waals surface area contributed by atoms with Crippen LogP contribution in [0.15, 0.2) is 139 Å². The third-order valence-electron chi connectivity index (χ3n) is 5.61. The third-order valence-corrected chi connectivity index (χ3v) is 9.88. The molecule has 2 heteroatoms. The maximum atomic E-state index is 11.8. The van der Waals surface area contributed by atoms with Crippen LogP contribution in [0.2, 0.25) is 0 Å². The van der Waals surface area contributed by atoms with Crippen LogP contribution >= 0.6 is 6.89 Å². The number of carbonyl (C=O) groups is 1. The van der Waals surface area contributed by atoms with E-state index in [0.717, 1.165) is 11.1 Å². The van der Waals surface area contributed by atoms with E-state index in [-0.39, 0.29) is 5.78 Å². The van der Waals surface area contributed by atoms with E-state index in [4.69, 9.17) is 0 Å². The van der Waals surface area contributed by atoms with Crippen molar-refractivity contribution in [2.24, 2.45) is 0 Å². The van der Waals surface area contributed by atoms with Crippen molar-refractivity contribution in [2.45, 2.75) is 0 Å². The molecule has 0 saturated heterocycles. The number of carbonyl (C=O) groups excluding carboxylic acids is 1. The second-order valence-corrected chi connectivity index (χ2v) is 10.8. The molecule has 0 N–H and O–H groups in total. The normalized spacial score (nSPS) is 15.5. The molecule has 5 rings (SSSR count). The summed E-state index contributed by atoms with van der Waals surface area (Å²) in [5.41, 5.74) is 2.08. The summed E-state index contributed by atoms with van der Waals surface area (Å²) in [5.74, 6) is 0.0467. The van der Waals surface area contributed by atoms with Crippen molar-refractivity contribution >= 4 is 33.9 Å². The molecule has 144 valence electrons. The summed E-state index contributed by atoms with van der Waals surface area (Å²) in [5, 5.41) is 5.25. The van der Waals surface area contributed by atoms with Crippen molar-refractivity contribution < 1.29 is 4.79 Å². The number of fused-ring (bicyclic) bond motifs is 1. The third kappa shape index (κ3) is 3.09. The highest BCUT2D eigenvalue weighted by molar-refractivity contribution is 7.95. The lowest BCUT2D eigenvalue weighted by atomic mass is 9.94. The largest absolute Gasteiger partial charge is 0.290 e. The number of rotatable bonds is 3. The van der Waals surface area contributed by atoms with Crippen LogP contribution in [0.25, 0.3) is 0 Å². The average molecular weight is 404 g/mol. The van der Waals surface area contributed by atoms with E-state index in [0.29, 0.717) is 0 Å². The molecule has 0 saturated carbocycles. The lowest BCUT2D eigenvalue weighted by Crippen LogP contribution is -2.30. The fraction of sp³-hybridized carbons (Fsp3) is 0. The lowest BCUT2D eigenvalue weighted by Gasteiger charge is -2.32. The summed E-state index contributed by atoms with van der Waals surface area (Å²) in [6.45, 7) is -2.10. The van der Waals surface area contributed by atoms with Crippen LogP contribution in [0.1, 0.15) is 0 Å². The van der Waals surface area contributed by atoms with Gasteiger partial charge < -0.3 is 0 Å². The summed E-state index contributed by atoms with van der Waals surface area (Å²) in [7, 11) is 0. The average Bonchev–Trinajstić information content (AvgIpc) is 2.82. The summed E-state index contributed by atoms with van der Waals surface area (Å²) in [6, 6.07) is 32.5. The molecule has 0 fully saturated rings. The van der Waals surface area contributed by atoms with E-state index in [1.807, 2.05) is 6.08 Å². The Morgan fingerprint density at radius 1 is 0.467 bits per heavy atom. The minimum absolute atomic E-state index is 0.0467. The van der Waals surface area contributed by atoms with Gasteiger partial charge in [0, 0.05) is 0 Å². The molecule has 1 nitrogen and oxygen atoms in total. The zero-order valence-electron chi connectivity index (χ0n) is 16.5. The zero-order valence-corrected chi connectivity index (χ0v) is 17.4. The van der Waals surface area contributed by atoms with Gasteiger partial charge in [-0.2, -0.15) is 0 Å². The van der Waals surface area contributed by atoms with Gasteiger partial charge in [0.1, 0.15) is 0 Å². The van der Waals surface area contributed by atoms with Gasteiger partial charge in [-0.05, 0) is 57.5 Å². The second-order valence-electron chi connectivity index (χ2n) is 7.37. The standard InChI is InChI=1S/C28H21OP/c29-24-18-16-23-21-28(19-17-22(23)20-24)30(25-10-4-1-5-11-25,26-12-6-2-7-13-26)27-14-8-3-9-15-27/h1-21H. The van der Waals surface area contributed by atoms with Gasteiger partial charge in [-0.25, -0.2) is 0 Å². The van der Waals surface area contributed by atoms with Gasteiger partial charge in [0.25, 0.3) is 0 Å². The molecule has 0 unspecified atom stereocenters. The van der Waals surface area contributed by atoms with E-state index < -0.39 is 6.89 Å². The molecule has 2 aliphatic rings. The molecule has 0 bridgehead atoms. The quantitative estimate of drug-likeness (QED) is 0.578. The van der Waals surface area contributed by atoms with Crippen LogP contribution in [0.5, 0.6) is 0 Å². The topological polar surface area (TPSA) is 17.1 Å². The van der Waals surface area contributed by atoms with Crippen LogP contribution < -0.4 is 15.9 Å². The molecule has 0 aromatic heterocycles. The van der Waals surface area contributed by atoms with Crippen molar-refractivity contribution in [1.29, 1.82) is 0 Å². The first kappa shape index (κ1) is 18.6. The Labute approximate surface area is 177 Å². The summed E-state index contributed by atoms with van der Waals surface area (Å²) in [6.07, 6.45) is 11.9. The van der Waals surface area contributed by atoms with Crippen LogP contribution in [-0.4, -0.2) is 11.1 Å². The highest BCUT2D eigenvalue weighted by atomic mass is 31.2. The number of hydrogen-bond donors (Lipinski definition) is 0. The van der Waals surface area contributed by atoms with Gasteiger partial charge in [-0.3, -0.25) is 4.79 Å². The Morgan fingerprint density at radius 3 is 1.40 bits per heavy atom. The highest BCUT2D eigenvalue weighted by Crippen LogP contribution is 2.48. The molecule has 0 heterocycles. The Hall–Kier alpha value is -3.41. The Kier molecular flexibility index (Phi) is 4.83. The lowest BCUT2D eigenvalue weighted by molar-refractivity contribution is -0.110. The van der Waals surface area contributed by atoms with Crippen LogP contribution in [-0.2, 0) is 4.79 Å². The van der Waals surface area contributed by atoms with Gasteiger partial charge >= 0.3 is 0 Å². The molecule has 0 spiro atoms. The number of allylic oxidation sites excluding steroid dienone is 8. The molecular formula is C28H21OP. The summed E-state index contributed by atoms with van der Waals surface area (Å²) >= 11 is 0. The van der Waals surface area contributed by atoms with Crippen LogP contribution in [0, 0.1) is 0 Å². The van der Waals surface area contributed by atoms with E-state index in [2.05, 4.69) is 109 Å². The van der Waals surface area contributed by atoms with Gasteiger partial charge in [0.15, 0.2) is 5.78 Å². The number of benzene rings is 3. The van der Waals surface area contributed by atoms with Crippen molar-refractivity contribution in [3.8, 4) is 0 Å². The van der Waals surface area contributed by atoms with Gasteiger partial charge in [0.2, 0.25) is 0 Å². The fourth-order valence-corrected chi connectivity index (χ4v) is 8.55. The van der Waals surface area contributed by atoms with Crippen molar-refractivity contribution in [3.05, 3.63) is 139 Å². The monoisotopic (exact) mass is 404 g/mol. The van der Waals surface area contributed by atoms with E-state index in [1.165, 1.54) is 21.2 Å². The molecule has 30 heavy (non-hydrogen) atoms. The van der Waals surface area contributed by atoms with Crippen molar-refractivity contribution in [2.75, 3.05) is 0 Å². The second kappa shape index (κ2) is 7.78. The minimum Gasteiger partial charge on any atom is -0.290 e. The summed E-state index contributed by atoms with van der Waals surface area (Å²) < 4.78 is 0. The van der Waals surface area contributed by atoms with Gasteiger partial charge in [-0.1, -0.05) is 109 Å². The van der Waals surface area contributed by atoms with Crippen molar-refractivity contribution in [3.63, 3.8) is 0 Å². The molecule has 3 aromatic rings. The molecule has 0 amide bonds. The first-order valence-electron chi connectivity index (χ1n) is 10.1. The van der Waals surface area contributed by atoms with Gasteiger partial charge in [0.05, 0.1) is 0 Å². The number of ketones is 1. The fourth-order valence-electron chi connectivity index (χ4n) is 4.27. The first-order valence-corrected chi connectivity index (χ1v) is 11.8. The van der Waals surface area contributed by atoms with E-state index in [9.17, 15) is 4.79 Å². The summed E-state index contributed by atoms with van der Waals surface area (Å²) in [4.78, 5) is 11.8. The van der Waals surface area contributed by atoms with Crippen LogP contribution in [0.4, 0.5) is 0 Å². The predicted molar refractivity (Wildman–Crippen MR) is 130 cm³/mol. The maximum Gasteiger partial charge on any atom is 0.179 e. The molecular weight excluding hydrogens is 383 g/mol. The van der Waals surface area contributed by atoms with Crippen molar-refractivity contribution in [1.82, 2.24) is 0 Å². The Balaban J connectivity index is 1.94. The first-order chi connectivity index (χ1) is 14.8. The SMILES string of the molecule is O=C1C=CC2=CC(=P(c3ccccc3)(c3ccccc3)c3ccccc3)C=CC2=C1. The smallest absolute Gasteiger partial charge is 0.179 e. The van der Waals surface area contributed by atoms with Gasteiger partial charge in [-0.15, -0.1) is 0 Å². The molecule has 0 aliphatic heterocycles. The minimum atomic E-state index is -2.10. The molecule has 0 atom stereocenters. The van der Waals surface area contributed by atoms with Crippen LogP contribution in [0.3, 0.4) is 0 Å². The Morgan fingerprint density at radius 2 is 0.900 bits per heavy atom. The predicted octanol–water partition coefficient (Wildman–Crippen LogP) is 4.71. The maximum absolute atomic E-state index is 11.8.